The lowest BCUT2D eigenvalue weighted by Crippen LogP contribution is -2.52. The molecule has 0 amide bonds. The van der Waals surface area contributed by atoms with Crippen LogP contribution in [-0.4, -0.2) is 67.9 Å². The molecule has 1 aliphatic heterocycles. The van der Waals surface area contributed by atoms with Gasteiger partial charge < -0.3 is 19.9 Å². The zero-order valence-corrected chi connectivity index (χ0v) is 19.7. The van der Waals surface area contributed by atoms with E-state index in [1.807, 2.05) is 12.3 Å². The molecule has 8 heteroatoms. The monoisotopic (exact) mass is 505 g/mol. The zero-order valence-electron chi connectivity index (χ0n) is 17.4. The van der Waals surface area contributed by atoms with Crippen LogP contribution in [0.4, 0.5) is 0 Å². The number of guanidine groups is 1. The molecule has 7 nitrogen and oxygen atoms in total. The maximum atomic E-state index is 11.7. The Bertz CT molecular complexity index is 629. The van der Waals surface area contributed by atoms with Crippen LogP contribution < -0.4 is 16.2 Å². The van der Waals surface area contributed by atoms with Crippen LogP contribution in [0.5, 0.6) is 0 Å². The molecule has 28 heavy (non-hydrogen) atoms. The molecule has 1 unspecified atom stereocenters. The molecule has 2 heterocycles. The molecule has 1 saturated heterocycles. The Morgan fingerprint density at radius 2 is 1.96 bits per heavy atom. The summed E-state index contributed by atoms with van der Waals surface area (Å²) in [7, 11) is 1.80. The number of aliphatic imine (C=N–C) groups is 1. The summed E-state index contributed by atoms with van der Waals surface area (Å²) >= 11 is 0. The molecule has 0 aromatic carbocycles. The maximum Gasteiger partial charge on any atom is 0.250 e. The Morgan fingerprint density at radius 3 is 2.61 bits per heavy atom. The number of hydrogen-bond acceptors (Lipinski definition) is 4. The molecule has 1 aliphatic rings. The molecule has 1 aromatic heterocycles. The largest absolute Gasteiger partial charge is 0.379 e. The van der Waals surface area contributed by atoms with E-state index in [2.05, 4.69) is 34.4 Å². The lowest BCUT2D eigenvalue weighted by molar-refractivity contribution is 0.00752. The van der Waals surface area contributed by atoms with Crippen molar-refractivity contribution in [1.29, 1.82) is 0 Å². The highest BCUT2D eigenvalue weighted by molar-refractivity contribution is 14.0. The van der Waals surface area contributed by atoms with Gasteiger partial charge in [0.15, 0.2) is 5.96 Å². The second kappa shape index (κ2) is 13.9. The van der Waals surface area contributed by atoms with Crippen LogP contribution in [0.15, 0.2) is 34.2 Å². The Morgan fingerprint density at radius 1 is 1.21 bits per heavy atom. The number of nitrogens with one attached hydrogen (secondary N) is 2. The highest BCUT2D eigenvalue weighted by atomic mass is 127. The van der Waals surface area contributed by atoms with Crippen LogP contribution in [0.3, 0.4) is 0 Å². The van der Waals surface area contributed by atoms with Crippen LogP contribution in [-0.2, 0) is 11.3 Å². The molecule has 0 saturated carbocycles. The van der Waals surface area contributed by atoms with E-state index in [1.54, 1.807) is 23.7 Å². The molecule has 1 atom stereocenters. The van der Waals surface area contributed by atoms with E-state index >= 15 is 0 Å². The van der Waals surface area contributed by atoms with Gasteiger partial charge in [-0.1, -0.05) is 19.9 Å². The smallest absolute Gasteiger partial charge is 0.250 e. The summed E-state index contributed by atoms with van der Waals surface area (Å²) in [5.41, 5.74) is 0.0609. The first-order valence-corrected chi connectivity index (χ1v) is 10.0. The van der Waals surface area contributed by atoms with E-state index in [9.17, 15) is 4.79 Å². The number of morpholine rings is 1. The number of rotatable bonds is 9. The summed E-state index contributed by atoms with van der Waals surface area (Å²) in [5, 5.41) is 6.84. The van der Waals surface area contributed by atoms with E-state index in [-0.39, 0.29) is 29.5 Å². The second-order valence-electron chi connectivity index (χ2n) is 7.28. The first-order valence-electron chi connectivity index (χ1n) is 10.0. The SMILES string of the molecule is CN=C(NCCCCn1ccccc1=O)NCC(C(C)C)N1CCOCC1.I. The van der Waals surface area contributed by atoms with E-state index in [0.29, 0.717) is 12.0 Å². The fourth-order valence-corrected chi connectivity index (χ4v) is 3.38. The average Bonchev–Trinajstić information content (AvgIpc) is 2.68. The van der Waals surface area contributed by atoms with Crippen LogP contribution in [0.1, 0.15) is 26.7 Å². The quantitative estimate of drug-likeness (QED) is 0.232. The van der Waals surface area contributed by atoms with Crippen molar-refractivity contribution >= 4 is 29.9 Å². The summed E-state index contributed by atoms with van der Waals surface area (Å²) in [6, 6.07) is 5.74. The first kappa shape index (κ1) is 24.9. The van der Waals surface area contributed by atoms with Crippen LogP contribution in [0.2, 0.25) is 0 Å². The second-order valence-corrected chi connectivity index (χ2v) is 7.28. The minimum Gasteiger partial charge on any atom is -0.379 e. The molecular weight excluding hydrogens is 469 g/mol. The van der Waals surface area contributed by atoms with Gasteiger partial charge in [-0.2, -0.15) is 0 Å². The zero-order chi connectivity index (χ0) is 19.5. The average molecular weight is 505 g/mol. The normalized spacial score (nSPS) is 16.5. The molecule has 160 valence electrons. The van der Waals surface area contributed by atoms with Crippen LogP contribution >= 0.6 is 24.0 Å². The molecular formula is C20H36IN5O2. The van der Waals surface area contributed by atoms with E-state index in [4.69, 9.17) is 4.74 Å². The fraction of sp³-hybridized carbons (Fsp3) is 0.700. The Hall–Kier alpha value is -1.13. The fourth-order valence-electron chi connectivity index (χ4n) is 3.38. The van der Waals surface area contributed by atoms with Gasteiger partial charge in [0.05, 0.1) is 13.2 Å². The Balaban J connectivity index is 0.00000392. The van der Waals surface area contributed by atoms with Crippen molar-refractivity contribution in [3.05, 3.63) is 34.7 Å². The van der Waals surface area contributed by atoms with Gasteiger partial charge in [0, 0.05) is 58.1 Å². The van der Waals surface area contributed by atoms with Crippen molar-refractivity contribution in [1.82, 2.24) is 20.1 Å². The lowest BCUT2D eigenvalue weighted by atomic mass is 10.0. The predicted molar refractivity (Wildman–Crippen MR) is 126 cm³/mol. The lowest BCUT2D eigenvalue weighted by Gasteiger charge is -2.37. The number of ether oxygens (including phenoxy) is 1. The van der Waals surface area contributed by atoms with Crippen molar-refractivity contribution in [2.45, 2.75) is 39.3 Å². The maximum absolute atomic E-state index is 11.7. The highest BCUT2D eigenvalue weighted by Gasteiger charge is 2.23. The Labute approximate surface area is 186 Å². The minimum absolute atomic E-state index is 0. The summed E-state index contributed by atoms with van der Waals surface area (Å²) in [6.07, 6.45) is 3.78. The third kappa shape index (κ3) is 8.48. The molecule has 2 rings (SSSR count). The van der Waals surface area contributed by atoms with Gasteiger partial charge in [-0.25, -0.2) is 0 Å². The van der Waals surface area contributed by atoms with Crippen molar-refractivity contribution in [3.8, 4) is 0 Å². The summed E-state index contributed by atoms with van der Waals surface area (Å²) < 4.78 is 7.22. The van der Waals surface area contributed by atoms with Gasteiger partial charge in [0.2, 0.25) is 5.56 Å². The van der Waals surface area contributed by atoms with Gasteiger partial charge in [0.25, 0.3) is 0 Å². The first-order chi connectivity index (χ1) is 13.1. The number of unbranched alkanes of at least 4 members (excludes halogenated alkanes) is 1. The van der Waals surface area contributed by atoms with Gasteiger partial charge in [-0.3, -0.25) is 14.7 Å². The van der Waals surface area contributed by atoms with Crippen molar-refractivity contribution in [2.75, 3.05) is 46.4 Å². The number of aromatic nitrogens is 1. The van der Waals surface area contributed by atoms with Gasteiger partial charge >= 0.3 is 0 Å². The van der Waals surface area contributed by atoms with Gasteiger partial charge in [-0.05, 0) is 24.8 Å². The molecule has 0 aliphatic carbocycles. The van der Waals surface area contributed by atoms with Gasteiger partial charge in [-0.15, -0.1) is 24.0 Å². The number of hydrogen-bond donors (Lipinski definition) is 2. The van der Waals surface area contributed by atoms with E-state index in [1.165, 1.54) is 0 Å². The summed E-state index contributed by atoms with van der Waals surface area (Å²) in [5.74, 6) is 1.41. The molecule has 1 fully saturated rings. The summed E-state index contributed by atoms with van der Waals surface area (Å²) in [6.45, 7) is 10.6. The standard InChI is InChI=1S/C20H35N5O2.HI/c1-17(2)18(24-12-14-27-15-13-24)16-23-20(21-3)22-9-5-7-11-25-10-6-4-8-19(25)26;/h4,6,8,10,17-18H,5,7,9,11-16H2,1-3H3,(H2,21,22,23);1H. The molecule has 0 spiro atoms. The highest BCUT2D eigenvalue weighted by Crippen LogP contribution is 2.12. The molecule has 2 N–H and O–H groups in total. The third-order valence-electron chi connectivity index (χ3n) is 5.00. The number of halogens is 1. The van der Waals surface area contributed by atoms with Gasteiger partial charge in [0.1, 0.15) is 0 Å². The van der Waals surface area contributed by atoms with Crippen LogP contribution in [0.25, 0.3) is 0 Å². The topological polar surface area (TPSA) is 70.9 Å². The number of pyridine rings is 1. The predicted octanol–water partition coefficient (Wildman–Crippen LogP) is 1.77. The number of aryl methyl sites for hydroxylation is 1. The third-order valence-corrected chi connectivity index (χ3v) is 5.00. The molecule has 0 bridgehead atoms. The van der Waals surface area contributed by atoms with Crippen molar-refractivity contribution in [2.24, 2.45) is 10.9 Å². The molecule has 0 radical (unpaired) electrons. The summed E-state index contributed by atoms with van der Waals surface area (Å²) in [4.78, 5) is 18.5. The van der Waals surface area contributed by atoms with Crippen molar-refractivity contribution < 1.29 is 4.74 Å². The van der Waals surface area contributed by atoms with E-state index < -0.39 is 0 Å². The Kier molecular flexibility index (Phi) is 12.4. The van der Waals surface area contributed by atoms with Crippen molar-refractivity contribution in [3.63, 3.8) is 0 Å². The molecule has 1 aromatic rings. The minimum atomic E-state index is 0. The van der Waals surface area contributed by atoms with Crippen LogP contribution in [0, 0.1) is 5.92 Å². The van der Waals surface area contributed by atoms with E-state index in [0.717, 1.165) is 64.7 Å². The number of nitrogens with zero attached hydrogens (tertiary/aromatic N) is 3.